The zero-order valence-corrected chi connectivity index (χ0v) is 14.8. The van der Waals surface area contributed by atoms with E-state index in [1.54, 1.807) is 12.1 Å². The Kier molecular flexibility index (Phi) is 4.62. The monoisotopic (exact) mass is 364 g/mol. The van der Waals surface area contributed by atoms with Crippen LogP contribution < -0.4 is 10.1 Å². The molecular weight excluding hydrogens is 344 g/mol. The maximum atomic E-state index is 12.8. The molecule has 1 unspecified atom stereocenters. The molecule has 2 aliphatic heterocycles. The fourth-order valence-corrected chi connectivity index (χ4v) is 3.62. The molecule has 2 aromatic carbocycles. The van der Waals surface area contributed by atoms with Crippen molar-refractivity contribution in [2.24, 2.45) is 0 Å². The number of hydrogen-bond acceptors (Lipinski definition) is 4. The lowest BCUT2D eigenvalue weighted by atomic mass is 10.0. The Hall–Kier alpha value is -3.15. The molecule has 0 aliphatic carbocycles. The number of benzene rings is 2. The van der Waals surface area contributed by atoms with Crippen LogP contribution in [0.4, 0.5) is 0 Å². The van der Waals surface area contributed by atoms with E-state index >= 15 is 0 Å². The van der Waals surface area contributed by atoms with E-state index in [9.17, 15) is 14.4 Å². The van der Waals surface area contributed by atoms with Crippen molar-refractivity contribution in [3.8, 4) is 5.75 Å². The molecule has 4 rings (SSSR count). The number of ether oxygens (including phenoxy) is 1. The normalized spacial score (nSPS) is 19.0. The molecule has 2 aliphatic rings. The topological polar surface area (TPSA) is 75.7 Å². The predicted molar refractivity (Wildman–Crippen MR) is 98.1 cm³/mol. The molecule has 0 saturated carbocycles. The van der Waals surface area contributed by atoms with Crippen molar-refractivity contribution in [1.82, 2.24) is 10.2 Å². The highest BCUT2D eigenvalue weighted by Crippen LogP contribution is 2.33. The van der Waals surface area contributed by atoms with Gasteiger partial charge in [0.05, 0.1) is 13.2 Å². The number of nitrogens with one attached hydrogen (secondary N) is 1. The van der Waals surface area contributed by atoms with Gasteiger partial charge in [-0.25, -0.2) is 0 Å². The van der Waals surface area contributed by atoms with Gasteiger partial charge in [0.25, 0.3) is 5.91 Å². The Balaban J connectivity index is 1.47. The van der Waals surface area contributed by atoms with Crippen molar-refractivity contribution >= 4 is 17.7 Å². The SMILES string of the molecule is O=C1CCC(N2Cc3c(OCCc4ccccc4)cccc3C2=O)C(=O)N1. The molecule has 0 bridgehead atoms. The fraction of sp³-hybridized carbons (Fsp3) is 0.286. The largest absolute Gasteiger partial charge is 0.493 e. The van der Waals surface area contributed by atoms with Gasteiger partial charge in [-0.1, -0.05) is 36.4 Å². The second kappa shape index (κ2) is 7.23. The third kappa shape index (κ3) is 3.43. The highest BCUT2D eigenvalue weighted by Gasteiger charge is 2.40. The summed E-state index contributed by atoms with van der Waals surface area (Å²) in [4.78, 5) is 37.8. The van der Waals surface area contributed by atoms with Crippen LogP contribution in [0.2, 0.25) is 0 Å². The quantitative estimate of drug-likeness (QED) is 0.824. The molecule has 2 heterocycles. The summed E-state index contributed by atoms with van der Waals surface area (Å²) in [6, 6.07) is 14.8. The third-order valence-electron chi connectivity index (χ3n) is 5.03. The van der Waals surface area contributed by atoms with Gasteiger partial charge in [0.15, 0.2) is 0 Å². The molecule has 0 aromatic heterocycles. The molecule has 6 nitrogen and oxygen atoms in total. The summed E-state index contributed by atoms with van der Waals surface area (Å²) in [5.74, 6) is -0.205. The third-order valence-corrected chi connectivity index (χ3v) is 5.03. The Morgan fingerprint density at radius 1 is 1.04 bits per heavy atom. The molecule has 1 saturated heterocycles. The first kappa shape index (κ1) is 17.3. The Morgan fingerprint density at radius 3 is 2.63 bits per heavy atom. The van der Waals surface area contributed by atoms with Gasteiger partial charge in [-0.3, -0.25) is 19.7 Å². The van der Waals surface area contributed by atoms with E-state index < -0.39 is 11.9 Å². The van der Waals surface area contributed by atoms with E-state index in [0.717, 1.165) is 12.0 Å². The van der Waals surface area contributed by atoms with E-state index in [-0.39, 0.29) is 18.2 Å². The first-order valence-corrected chi connectivity index (χ1v) is 9.07. The molecule has 1 N–H and O–H groups in total. The standard InChI is InChI=1S/C21H20N2O4/c24-19-10-9-17(20(25)22-19)23-13-16-15(21(23)26)7-4-8-18(16)27-12-11-14-5-2-1-3-6-14/h1-8,17H,9-13H2,(H,22,24,25). The van der Waals surface area contributed by atoms with Crippen LogP contribution in [0.5, 0.6) is 5.75 Å². The van der Waals surface area contributed by atoms with Gasteiger partial charge in [-0.05, 0) is 24.1 Å². The smallest absolute Gasteiger partial charge is 0.255 e. The Morgan fingerprint density at radius 2 is 1.85 bits per heavy atom. The average Bonchev–Trinajstić information content (AvgIpc) is 3.00. The van der Waals surface area contributed by atoms with E-state index in [1.165, 1.54) is 10.5 Å². The summed E-state index contributed by atoms with van der Waals surface area (Å²) in [5.41, 5.74) is 2.56. The Bertz CT molecular complexity index is 894. The molecule has 138 valence electrons. The van der Waals surface area contributed by atoms with Crippen molar-refractivity contribution in [1.29, 1.82) is 0 Å². The molecule has 1 fully saturated rings. The zero-order chi connectivity index (χ0) is 18.8. The highest BCUT2D eigenvalue weighted by molar-refractivity contribution is 6.05. The predicted octanol–water partition coefficient (Wildman–Crippen LogP) is 2.07. The molecule has 2 aromatic rings. The maximum Gasteiger partial charge on any atom is 0.255 e. The van der Waals surface area contributed by atoms with Gasteiger partial charge in [-0.15, -0.1) is 0 Å². The second-order valence-corrected chi connectivity index (χ2v) is 6.77. The minimum absolute atomic E-state index is 0.187. The van der Waals surface area contributed by atoms with E-state index in [1.807, 2.05) is 36.4 Å². The van der Waals surface area contributed by atoms with Crippen LogP contribution >= 0.6 is 0 Å². The van der Waals surface area contributed by atoms with E-state index in [2.05, 4.69) is 5.32 Å². The molecule has 6 heteroatoms. The van der Waals surface area contributed by atoms with Crippen LogP contribution in [0, 0.1) is 0 Å². The molecular formula is C21H20N2O4. The van der Waals surface area contributed by atoms with Gasteiger partial charge in [0, 0.05) is 24.0 Å². The van der Waals surface area contributed by atoms with Crippen molar-refractivity contribution in [3.05, 3.63) is 65.2 Å². The highest BCUT2D eigenvalue weighted by atomic mass is 16.5. The summed E-state index contributed by atoms with van der Waals surface area (Å²) < 4.78 is 5.95. The van der Waals surface area contributed by atoms with E-state index in [4.69, 9.17) is 4.74 Å². The maximum absolute atomic E-state index is 12.8. The number of carbonyl (C=O) groups is 3. The average molecular weight is 364 g/mol. The lowest BCUT2D eigenvalue weighted by Gasteiger charge is -2.29. The van der Waals surface area contributed by atoms with Gasteiger partial charge >= 0.3 is 0 Å². The lowest BCUT2D eigenvalue weighted by Crippen LogP contribution is -2.52. The summed E-state index contributed by atoms with van der Waals surface area (Å²) in [6.07, 6.45) is 1.38. The van der Waals surface area contributed by atoms with E-state index in [0.29, 0.717) is 30.9 Å². The summed E-state index contributed by atoms with van der Waals surface area (Å²) in [7, 11) is 0. The molecule has 0 spiro atoms. The molecule has 0 radical (unpaired) electrons. The van der Waals surface area contributed by atoms with Crippen molar-refractivity contribution in [3.63, 3.8) is 0 Å². The number of amides is 3. The number of hydrogen-bond donors (Lipinski definition) is 1. The second-order valence-electron chi connectivity index (χ2n) is 6.77. The lowest BCUT2D eigenvalue weighted by molar-refractivity contribution is -0.136. The van der Waals surface area contributed by atoms with Crippen molar-refractivity contribution in [2.45, 2.75) is 31.8 Å². The van der Waals surface area contributed by atoms with Crippen LogP contribution in [-0.4, -0.2) is 35.3 Å². The molecule has 3 amide bonds. The number of piperidine rings is 1. The van der Waals surface area contributed by atoms with Crippen LogP contribution in [0.25, 0.3) is 0 Å². The van der Waals surface area contributed by atoms with Gasteiger partial charge in [0.2, 0.25) is 11.8 Å². The number of imide groups is 1. The zero-order valence-electron chi connectivity index (χ0n) is 14.8. The van der Waals surface area contributed by atoms with Crippen molar-refractivity contribution < 1.29 is 19.1 Å². The minimum Gasteiger partial charge on any atom is -0.493 e. The first-order valence-electron chi connectivity index (χ1n) is 9.07. The van der Waals surface area contributed by atoms with Crippen LogP contribution in [0.3, 0.4) is 0 Å². The summed E-state index contributed by atoms with van der Waals surface area (Å²) in [5, 5.41) is 2.32. The first-order chi connectivity index (χ1) is 13.1. The van der Waals surface area contributed by atoms with Crippen molar-refractivity contribution in [2.75, 3.05) is 6.61 Å². The summed E-state index contributed by atoms with van der Waals surface area (Å²) in [6.45, 7) is 0.828. The van der Waals surface area contributed by atoms with Crippen LogP contribution in [0.1, 0.15) is 34.3 Å². The van der Waals surface area contributed by atoms with Crippen LogP contribution in [0.15, 0.2) is 48.5 Å². The minimum atomic E-state index is -0.611. The number of carbonyl (C=O) groups excluding carboxylic acids is 3. The van der Waals surface area contributed by atoms with Gasteiger partial charge < -0.3 is 9.64 Å². The molecule has 1 atom stereocenters. The van der Waals surface area contributed by atoms with Gasteiger partial charge in [-0.2, -0.15) is 0 Å². The Labute approximate surface area is 157 Å². The number of nitrogens with zero attached hydrogens (tertiary/aromatic N) is 1. The fourth-order valence-electron chi connectivity index (χ4n) is 3.62. The van der Waals surface area contributed by atoms with Crippen LogP contribution in [-0.2, 0) is 22.6 Å². The number of rotatable bonds is 5. The summed E-state index contributed by atoms with van der Waals surface area (Å²) >= 11 is 0. The number of fused-ring (bicyclic) bond motifs is 1. The molecule has 27 heavy (non-hydrogen) atoms. The van der Waals surface area contributed by atoms with Gasteiger partial charge in [0.1, 0.15) is 11.8 Å².